The van der Waals surface area contributed by atoms with Crippen molar-refractivity contribution in [3.8, 4) is 0 Å². The zero-order valence-corrected chi connectivity index (χ0v) is 22.6. The Hall–Kier alpha value is -3.69. The molecule has 0 aliphatic carbocycles. The number of amides is 3. The lowest BCUT2D eigenvalue weighted by Crippen LogP contribution is -2.51. The number of nitrogens with one attached hydrogen (secondary N) is 1. The van der Waals surface area contributed by atoms with Crippen LogP contribution < -0.4 is 5.32 Å². The van der Waals surface area contributed by atoms with E-state index in [-0.39, 0.29) is 31.2 Å². The molecule has 2 aromatic rings. The molecule has 2 aliphatic rings. The lowest BCUT2D eigenvalue weighted by molar-refractivity contribution is -0.139. The molecule has 10 heteroatoms. The van der Waals surface area contributed by atoms with Gasteiger partial charge in [0, 0.05) is 55.6 Å². The number of urea groups is 1. The molecule has 8 nitrogen and oxygen atoms in total. The van der Waals surface area contributed by atoms with E-state index in [4.69, 9.17) is 16.3 Å². The third-order valence-electron chi connectivity index (χ3n) is 6.77. The number of rotatable bonds is 8. The maximum absolute atomic E-state index is 14.1. The van der Waals surface area contributed by atoms with E-state index in [0.29, 0.717) is 54.4 Å². The third-order valence-corrected chi connectivity index (χ3v) is 7.02. The second kappa shape index (κ2) is 12.9. The van der Waals surface area contributed by atoms with Crippen molar-refractivity contribution < 1.29 is 23.5 Å². The van der Waals surface area contributed by atoms with Crippen LogP contribution in [0.15, 0.2) is 72.5 Å². The van der Waals surface area contributed by atoms with Gasteiger partial charge in [-0.2, -0.15) is 0 Å². The Morgan fingerprint density at radius 3 is 2.62 bits per heavy atom. The Labute approximate surface area is 232 Å². The molecule has 1 N–H and O–H groups in total. The highest BCUT2D eigenvalue weighted by Gasteiger charge is 2.38. The fraction of sp³-hybridized carbons (Fsp3) is 0.345. The van der Waals surface area contributed by atoms with Gasteiger partial charge in [-0.05, 0) is 55.3 Å². The van der Waals surface area contributed by atoms with Crippen LogP contribution >= 0.6 is 11.6 Å². The topological polar surface area (TPSA) is 82.2 Å². The lowest BCUT2D eigenvalue weighted by Gasteiger charge is -2.38. The van der Waals surface area contributed by atoms with Crippen LogP contribution in [0.3, 0.4) is 0 Å². The number of nitrogens with zero attached hydrogens (tertiary/aromatic N) is 3. The number of ether oxygens (including phenoxy) is 1. The van der Waals surface area contributed by atoms with Gasteiger partial charge in [0.25, 0.3) is 5.91 Å². The molecule has 0 bridgehead atoms. The molecule has 2 aliphatic heterocycles. The zero-order chi connectivity index (χ0) is 27.9. The van der Waals surface area contributed by atoms with Gasteiger partial charge in [-0.15, -0.1) is 6.58 Å². The molecule has 1 saturated heterocycles. The molecule has 39 heavy (non-hydrogen) atoms. The predicted molar refractivity (Wildman–Crippen MR) is 147 cm³/mol. The summed E-state index contributed by atoms with van der Waals surface area (Å²) in [5.74, 6) is -1.13. The van der Waals surface area contributed by atoms with Crippen LogP contribution in [0.4, 0.5) is 9.18 Å². The smallest absolute Gasteiger partial charge is 0.338 e. The van der Waals surface area contributed by atoms with Crippen molar-refractivity contribution in [3.63, 3.8) is 0 Å². The van der Waals surface area contributed by atoms with Crippen molar-refractivity contribution >= 4 is 29.5 Å². The molecule has 0 spiro atoms. The van der Waals surface area contributed by atoms with Crippen molar-refractivity contribution in [3.05, 3.63) is 94.4 Å². The molecule has 1 fully saturated rings. The van der Waals surface area contributed by atoms with Gasteiger partial charge < -0.3 is 15.0 Å². The standard InChI is InChI=1S/C29H32ClFN4O4/c1-3-13-35-24(19-33-14-6-15-34(17-16-33)27(36)20-9-11-22(30)12-10-20)25(28(37)39-4-2)26(32-29(35)38)21-7-5-8-23(31)18-21/h3,5,7-12,18,26H,1,4,6,13-17,19H2,2H3,(H,32,38). The predicted octanol–water partition coefficient (Wildman–Crippen LogP) is 4.40. The van der Waals surface area contributed by atoms with Crippen LogP contribution in [-0.4, -0.2) is 78.5 Å². The van der Waals surface area contributed by atoms with Crippen LogP contribution in [-0.2, 0) is 9.53 Å². The molecular formula is C29H32ClFN4O4. The summed E-state index contributed by atoms with van der Waals surface area (Å²) in [6.07, 6.45) is 2.29. The molecule has 0 radical (unpaired) electrons. The first-order valence-electron chi connectivity index (χ1n) is 12.9. The van der Waals surface area contributed by atoms with Crippen molar-refractivity contribution in [1.82, 2.24) is 20.0 Å². The van der Waals surface area contributed by atoms with Crippen LogP contribution in [0.5, 0.6) is 0 Å². The van der Waals surface area contributed by atoms with Crippen molar-refractivity contribution in [2.75, 3.05) is 45.9 Å². The molecule has 4 rings (SSSR count). The Kier molecular flexibility index (Phi) is 9.37. The third kappa shape index (κ3) is 6.66. The molecule has 3 amide bonds. The highest BCUT2D eigenvalue weighted by atomic mass is 35.5. The molecule has 0 saturated carbocycles. The Morgan fingerprint density at radius 1 is 1.15 bits per heavy atom. The summed E-state index contributed by atoms with van der Waals surface area (Å²) in [7, 11) is 0. The first-order chi connectivity index (χ1) is 18.8. The highest BCUT2D eigenvalue weighted by molar-refractivity contribution is 6.30. The van der Waals surface area contributed by atoms with Gasteiger partial charge in [-0.3, -0.25) is 14.6 Å². The Morgan fingerprint density at radius 2 is 1.92 bits per heavy atom. The quantitative estimate of drug-likeness (QED) is 0.386. The monoisotopic (exact) mass is 554 g/mol. The van der Waals surface area contributed by atoms with Gasteiger partial charge in [-0.1, -0.05) is 29.8 Å². The van der Waals surface area contributed by atoms with Crippen LogP contribution in [0, 0.1) is 5.82 Å². The fourth-order valence-electron chi connectivity index (χ4n) is 4.90. The fourth-order valence-corrected chi connectivity index (χ4v) is 5.03. The van der Waals surface area contributed by atoms with Gasteiger partial charge in [0.2, 0.25) is 0 Å². The minimum atomic E-state index is -0.877. The molecule has 2 aromatic carbocycles. The highest BCUT2D eigenvalue weighted by Crippen LogP contribution is 2.32. The average Bonchev–Trinajstić information content (AvgIpc) is 3.16. The van der Waals surface area contributed by atoms with E-state index in [2.05, 4.69) is 16.8 Å². The van der Waals surface area contributed by atoms with Gasteiger partial charge in [0.15, 0.2) is 0 Å². The SMILES string of the molecule is C=CCN1C(=O)NC(c2cccc(F)c2)C(C(=O)OCC)=C1CN1CCCN(C(=O)c2ccc(Cl)cc2)CC1. The summed E-state index contributed by atoms with van der Waals surface area (Å²) in [5, 5.41) is 3.41. The Bertz CT molecular complexity index is 1270. The first-order valence-corrected chi connectivity index (χ1v) is 13.3. The summed E-state index contributed by atoms with van der Waals surface area (Å²) in [5.41, 5.74) is 1.74. The Balaban J connectivity index is 1.64. The van der Waals surface area contributed by atoms with E-state index in [9.17, 15) is 18.8 Å². The zero-order valence-electron chi connectivity index (χ0n) is 21.9. The minimum absolute atomic E-state index is 0.0727. The van der Waals surface area contributed by atoms with Gasteiger partial charge in [-0.25, -0.2) is 14.0 Å². The summed E-state index contributed by atoms with van der Waals surface area (Å²) in [6.45, 7) is 8.30. The maximum Gasteiger partial charge on any atom is 0.338 e. The van der Waals surface area contributed by atoms with E-state index >= 15 is 0 Å². The van der Waals surface area contributed by atoms with Crippen LogP contribution in [0.1, 0.15) is 35.3 Å². The van der Waals surface area contributed by atoms with Crippen molar-refractivity contribution in [1.29, 1.82) is 0 Å². The van der Waals surface area contributed by atoms with Gasteiger partial charge in [0.1, 0.15) is 5.82 Å². The van der Waals surface area contributed by atoms with E-state index in [1.54, 1.807) is 48.2 Å². The molecular weight excluding hydrogens is 523 g/mol. The molecule has 206 valence electrons. The normalized spacial score (nSPS) is 18.4. The first kappa shape index (κ1) is 28.3. The number of carbonyl (C=O) groups is 3. The van der Waals surface area contributed by atoms with Crippen LogP contribution in [0.2, 0.25) is 5.02 Å². The number of benzene rings is 2. The molecule has 2 heterocycles. The van der Waals surface area contributed by atoms with E-state index < -0.39 is 23.9 Å². The number of carbonyl (C=O) groups excluding carboxylic acids is 3. The number of hydrogen-bond donors (Lipinski definition) is 1. The average molecular weight is 555 g/mol. The summed E-state index contributed by atoms with van der Waals surface area (Å²) >= 11 is 5.97. The number of esters is 1. The van der Waals surface area contributed by atoms with E-state index in [1.807, 2.05) is 0 Å². The summed E-state index contributed by atoms with van der Waals surface area (Å²) in [6, 6.07) is 11.3. The summed E-state index contributed by atoms with van der Waals surface area (Å²) < 4.78 is 19.5. The second-order valence-corrected chi connectivity index (χ2v) is 9.78. The minimum Gasteiger partial charge on any atom is -0.463 e. The summed E-state index contributed by atoms with van der Waals surface area (Å²) in [4.78, 5) is 45.0. The van der Waals surface area contributed by atoms with Crippen LogP contribution in [0.25, 0.3) is 0 Å². The number of halogens is 2. The van der Waals surface area contributed by atoms with Crippen molar-refractivity contribution in [2.45, 2.75) is 19.4 Å². The largest absolute Gasteiger partial charge is 0.463 e. The van der Waals surface area contributed by atoms with E-state index in [1.165, 1.54) is 23.1 Å². The lowest BCUT2D eigenvalue weighted by atomic mass is 9.94. The van der Waals surface area contributed by atoms with E-state index in [0.717, 1.165) is 0 Å². The molecule has 1 unspecified atom stereocenters. The molecule has 1 atom stereocenters. The second-order valence-electron chi connectivity index (χ2n) is 9.35. The number of hydrogen-bond acceptors (Lipinski definition) is 5. The van der Waals surface area contributed by atoms with Gasteiger partial charge >= 0.3 is 12.0 Å². The van der Waals surface area contributed by atoms with Crippen molar-refractivity contribution in [2.24, 2.45) is 0 Å². The molecule has 0 aromatic heterocycles. The van der Waals surface area contributed by atoms with Gasteiger partial charge in [0.05, 0.1) is 18.2 Å². The maximum atomic E-state index is 14.1.